The smallest absolute Gasteiger partial charge is 0.407 e. The minimum absolute atomic E-state index is 0.00949. The first-order valence-corrected chi connectivity index (χ1v) is 10.9. The summed E-state index contributed by atoms with van der Waals surface area (Å²) in [6.45, 7) is 3.90. The monoisotopic (exact) mass is 439 g/mol. The van der Waals surface area contributed by atoms with E-state index in [9.17, 15) is 14.4 Å². The minimum atomic E-state index is -0.948. The maximum atomic E-state index is 12.6. The zero-order chi connectivity index (χ0) is 23.1. The van der Waals surface area contributed by atoms with E-state index in [1.165, 1.54) is 0 Å². The molecule has 170 valence electrons. The lowest BCUT2D eigenvalue weighted by Gasteiger charge is -2.23. The third kappa shape index (κ3) is 5.46. The molecule has 2 atom stereocenters. The van der Waals surface area contributed by atoms with Crippen molar-refractivity contribution < 1.29 is 29.0 Å². The van der Waals surface area contributed by atoms with E-state index in [4.69, 9.17) is 14.6 Å². The van der Waals surface area contributed by atoms with Gasteiger partial charge in [-0.3, -0.25) is 4.79 Å². The third-order valence-corrected chi connectivity index (χ3v) is 5.86. The number of amides is 1. The number of hydrogen-bond donors (Lipinski definition) is 2. The topological polar surface area (TPSA) is 102 Å². The van der Waals surface area contributed by atoms with Gasteiger partial charge in [0, 0.05) is 12.3 Å². The van der Waals surface area contributed by atoms with Crippen molar-refractivity contribution in [2.75, 3.05) is 13.2 Å². The SMILES string of the molecule is CC[C@H](C)[C@H](NC(=O)OCC1c2ccccc2-c2ccccc21)C(=O)OCCCC(=O)O. The molecule has 0 spiro atoms. The highest BCUT2D eigenvalue weighted by Gasteiger charge is 2.31. The Hall–Kier alpha value is -3.35. The summed E-state index contributed by atoms with van der Waals surface area (Å²) in [5, 5.41) is 11.3. The standard InChI is InChI=1S/C25H29NO6/c1-3-16(2)23(24(29)31-14-8-13-22(27)28)26-25(30)32-15-21-19-11-6-4-9-17(19)18-10-5-7-12-20(18)21/h4-7,9-12,16,21,23H,3,8,13-15H2,1-2H3,(H,26,30)(H,27,28)/t16-,23-/m0/s1. The molecular weight excluding hydrogens is 410 g/mol. The van der Waals surface area contributed by atoms with Crippen molar-refractivity contribution in [1.82, 2.24) is 5.32 Å². The number of aliphatic carboxylic acids is 1. The van der Waals surface area contributed by atoms with E-state index in [0.29, 0.717) is 6.42 Å². The minimum Gasteiger partial charge on any atom is -0.481 e. The van der Waals surface area contributed by atoms with Gasteiger partial charge in [0.05, 0.1) is 6.61 Å². The van der Waals surface area contributed by atoms with Crippen LogP contribution in [0, 0.1) is 5.92 Å². The lowest BCUT2D eigenvalue weighted by atomic mass is 9.98. The van der Waals surface area contributed by atoms with Crippen molar-refractivity contribution in [3.05, 3.63) is 59.7 Å². The molecule has 0 saturated heterocycles. The van der Waals surface area contributed by atoms with Gasteiger partial charge in [0.1, 0.15) is 12.6 Å². The Bertz CT molecular complexity index is 927. The average molecular weight is 440 g/mol. The lowest BCUT2D eigenvalue weighted by Crippen LogP contribution is -2.46. The molecule has 7 heteroatoms. The number of carbonyl (C=O) groups is 3. The summed E-state index contributed by atoms with van der Waals surface area (Å²) in [6.07, 6.45) is 0.110. The van der Waals surface area contributed by atoms with E-state index in [-0.39, 0.29) is 37.9 Å². The molecule has 1 amide bonds. The van der Waals surface area contributed by atoms with Crippen LogP contribution >= 0.6 is 0 Å². The van der Waals surface area contributed by atoms with Gasteiger partial charge < -0.3 is 19.9 Å². The number of carboxylic acid groups (broad SMARTS) is 1. The number of carboxylic acids is 1. The van der Waals surface area contributed by atoms with E-state index in [1.807, 2.05) is 50.2 Å². The molecule has 1 aliphatic rings. The van der Waals surface area contributed by atoms with Crippen LogP contribution in [0.1, 0.15) is 50.2 Å². The molecule has 0 heterocycles. The molecule has 0 aromatic heterocycles. The first-order valence-electron chi connectivity index (χ1n) is 10.9. The molecule has 0 unspecified atom stereocenters. The van der Waals surface area contributed by atoms with Gasteiger partial charge in [-0.25, -0.2) is 9.59 Å². The number of rotatable bonds is 10. The number of alkyl carbamates (subject to hydrolysis) is 1. The summed E-state index contributed by atoms with van der Waals surface area (Å²) in [5.41, 5.74) is 4.50. The summed E-state index contributed by atoms with van der Waals surface area (Å²) in [6, 6.07) is 15.3. The highest BCUT2D eigenvalue weighted by Crippen LogP contribution is 2.44. The third-order valence-electron chi connectivity index (χ3n) is 5.86. The van der Waals surface area contributed by atoms with Crippen molar-refractivity contribution in [2.24, 2.45) is 5.92 Å². The number of carbonyl (C=O) groups excluding carboxylic acids is 2. The molecule has 0 bridgehead atoms. The van der Waals surface area contributed by atoms with Gasteiger partial charge in [-0.15, -0.1) is 0 Å². The maximum Gasteiger partial charge on any atom is 0.407 e. The summed E-state index contributed by atoms with van der Waals surface area (Å²) in [5.74, 6) is -1.77. The predicted octanol–water partition coefficient (Wildman–Crippen LogP) is 4.35. The van der Waals surface area contributed by atoms with Gasteiger partial charge in [-0.1, -0.05) is 68.8 Å². The van der Waals surface area contributed by atoms with Crippen molar-refractivity contribution >= 4 is 18.0 Å². The van der Waals surface area contributed by atoms with Crippen LogP contribution in [0.15, 0.2) is 48.5 Å². The molecule has 32 heavy (non-hydrogen) atoms. The molecule has 2 aromatic carbocycles. The second kappa shape index (κ2) is 10.8. The number of nitrogens with one attached hydrogen (secondary N) is 1. The summed E-state index contributed by atoms with van der Waals surface area (Å²) < 4.78 is 10.7. The van der Waals surface area contributed by atoms with Crippen molar-refractivity contribution in [2.45, 2.75) is 45.1 Å². The summed E-state index contributed by atoms with van der Waals surface area (Å²) in [4.78, 5) is 35.6. The van der Waals surface area contributed by atoms with Crippen LogP contribution in [0.5, 0.6) is 0 Å². The van der Waals surface area contributed by atoms with Crippen LogP contribution in [0.25, 0.3) is 11.1 Å². The van der Waals surface area contributed by atoms with Crippen LogP contribution in [-0.2, 0) is 19.1 Å². The fourth-order valence-electron chi connectivity index (χ4n) is 3.92. The van der Waals surface area contributed by atoms with E-state index >= 15 is 0 Å². The van der Waals surface area contributed by atoms with Crippen LogP contribution in [0.3, 0.4) is 0 Å². The van der Waals surface area contributed by atoms with Gasteiger partial charge in [-0.05, 0) is 34.6 Å². The second-order valence-corrected chi connectivity index (χ2v) is 8.00. The van der Waals surface area contributed by atoms with Crippen LogP contribution < -0.4 is 5.32 Å². The Morgan fingerprint density at radius 1 is 1.00 bits per heavy atom. The zero-order valence-corrected chi connectivity index (χ0v) is 18.4. The number of benzene rings is 2. The number of hydrogen-bond acceptors (Lipinski definition) is 5. The van der Waals surface area contributed by atoms with E-state index in [0.717, 1.165) is 22.3 Å². The van der Waals surface area contributed by atoms with Gasteiger partial charge in [-0.2, -0.15) is 0 Å². The molecule has 0 radical (unpaired) electrons. The molecule has 2 aromatic rings. The molecule has 2 N–H and O–H groups in total. The van der Waals surface area contributed by atoms with Crippen LogP contribution in [-0.4, -0.2) is 42.4 Å². The highest BCUT2D eigenvalue weighted by atomic mass is 16.6. The zero-order valence-electron chi connectivity index (χ0n) is 18.4. The van der Waals surface area contributed by atoms with Crippen LogP contribution in [0.4, 0.5) is 4.79 Å². The Balaban J connectivity index is 1.61. The van der Waals surface area contributed by atoms with Gasteiger partial charge in [0.2, 0.25) is 0 Å². The molecular formula is C25H29NO6. The molecule has 0 aliphatic heterocycles. The van der Waals surface area contributed by atoms with Crippen LogP contribution in [0.2, 0.25) is 0 Å². The first-order chi connectivity index (χ1) is 15.4. The number of esters is 1. The second-order valence-electron chi connectivity index (χ2n) is 8.00. The molecule has 0 fully saturated rings. The summed E-state index contributed by atoms with van der Waals surface area (Å²) in [7, 11) is 0. The molecule has 1 aliphatic carbocycles. The highest BCUT2D eigenvalue weighted by molar-refractivity contribution is 5.82. The first kappa shape index (κ1) is 23.3. The van der Waals surface area contributed by atoms with Crippen molar-refractivity contribution in [1.29, 1.82) is 0 Å². The fourth-order valence-corrected chi connectivity index (χ4v) is 3.92. The molecule has 7 nitrogen and oxygen atoms in total. The Morgan fingerprint density at radius 3 is 2.16 bits per heavy atom. The van der Waals surface area contributed by atoms with E-state index in [1.54, 1.807) is 0 Å². The Labute approximate surface area is 187 Å². The average Bonchev–Trinajstić information content (AvgIpc) is 3.12. The Morgan fingerprint density at radius 2 is 1.59 bits per heavy atom. The Kier molecular flexibility index (Phi) is 7.87. The molecule has 3 rings (SSSR count). The number of ether oxygens (including phenoxy) is 2. The largest absolute Gasteiger partial charge is 0.481 e. The maximum absolute atomic E-state index is 12.6. The van der Waals surface area contributed by atoms with Gasteiger partial charge in [0.25, 0.3) is 0 Å². The predicted molar refractivity (Wildman–Crippen MR) is 119 cm³/mol. The van der Waals surface area contributed by atoms with E-state index in [2.05, 4.69) is 17.4 Å². The molecule has 0 saturated carbocycles. The van der Waals surface area contributed by atoms with Gasteiger partial charge >= 0.3 is 18.0 Å². The van der Waals surface area contributed by atoms with Gasteiger partial charge in [0.15, 0.2) is 0 Å². The number of fused-ring (bicyclic) bond motifs is 3. The quantitative estimate of drug-likeness (QED) is 0.422. The van der Waals surface area contributed by atoms with Crippen molar-refractivity contribution in [3.8, 4) is 11.1 Å². The lowest BCUT2D eigenvalue weighted by molar-refractivity contribution is -0.148. The fraction of sp³-hybridized carbons (Fsp3) is 0.400. The van der Waals surface area contributed by atoms with Crippen molar-refractivity contribution in [3.63, 3.8) is 0 Å². The summed E-state index contributed by atoms with van der Waals surface area (Å²) >= 11 is 0. The van der Waals surface area contributed by atoms with E-state index < -0.39 is 24.1 Å². The normalized spacial score (nSPS) is 14.1.